The van der Waals surface area contributed by atoms with E-state index < -0.39 is 10.1 Å². The minimum atomic E-state index is -4.20. The Balaban J connectivity index is 2.18. The minimum absolute atomic E-state index is 0.0145. The fraction of sp³-hybridized carbons (Fsp3) is 0. The lowest BCUT2D eigenvalue weighted by Crippen LogP contribution is -2.12. The van der Waals surface area contributed by atoms with Crippen LogP contribution < -0.4 is 4.18 Å². The van der Waals surface area contributed by atoms with Crippen molar-refractivity contribution in [2.24, 2.45) is 0 Å². The van der Waals surface area contributed by atoms with E-state index in [9.17, 15) is 8.42 Å². The molecule has 0 radical (unpaired) electrons. The van der Waals surface area contributed by atoms with E-state index in [0.717, 1.165) is 0 Å². The van der Waals surface area contributed by atoms with Crippen LogP contribution in [0.3, 0.4) is 0 Å². The Kier molecular flexibility index (Phi) is 5.13. The van der Waals surface area contributed by atoms with Gasteiger partial charge in [-0.1, -0.05) is 34.8 Å². The quantitative estimate of drug-likeness (QED) is 0.339. The number of pyridine rings is 1. The molecule has 0 fully saturated rings. The monoisotopic (exact) mass is 513 g/mol. The summed E-state index contributed by atoms with van der Waals surface area (Å²) in [6.07, 6.45) is 1.53. The van der Waals surface area contributed by atoms with Gasteiger partial charge in [-0.2, -0.15) is 8.42 Å². The molecule has 0 saturated carbocycles. The van der Waals surface area contributed by atoms with Crippen molar-refractivity contribution in [1.29, 1.82) is 0 Å². The second-order valence-electron chi connectivity index (χ2n) is 4.68. The van der Waals surface area contributed by atoms with Crippen molar-refractivity contribution >= 4 is 78.4 Å². The highest BCUT2D eigenvalue weighted by molar-refractivity contribution is 14.1. The van der Waals surface area contributed by atoms with E-state index >= 15 is 0 Å². The van der Waals surface area contributed by atoms with E-state index in [2.05, 4.69) is 4.98 Å². The molecule has 3 rings (SSSR count). The van der Waals surface area contributed by atoms with Gasteiger partial charge in [0, 0.05) is 16.6 Å². The first-order valence-electron chi connectivity index (χ1n) is 6.42. The fourth-order valence-electron chi connectivity index (χ4n) is 2.05. The van der Waals surface area contributed by atoms with Gasteiger partial charge in [0.05, 0.1) is 13.6 Å². The second kappa shape index (κ2) is 6.84. The summed E-state index contributed by atoms with van der Waals surface area (Å²) < 4.78 is 31.1. The van der Waals surface area contributed by atoms with Gasteiger partial charge >= 0.3 is 10.1 Å². The highest BCUT2D eigenvalue weighted by Crippen LogP contribution is 2.37. The molecule has 0 aliphatic carbocycles. The van der Waals surface area contributed by atoms with E-state index in [1.54, 1.807) is 18.2 Å². The van der Waals surface area contributed by atoms with Crippen molar-refractivity contribution in [2.75, 3.05) is 0 Å². The summed E-state index contributed by atoms with van der Waals surface area (Å²) in [5.74, 6) is 0.0895. The lowest BCUT2D eigenvalue weighted by atomic mass is 10.2. The van der Waals surface area contributed by atoms with Gasteiger partial charge in [-0.3, -0.25) is 4.98 Å². The van der Waals surface area contributed by atoms with Crippen LogP contribution in [0.5, 0.6) is 5.75 Å². The molecule has 1 heterocycles. The Morgan fingerprint density at radius 2 is 1.79 bits per heavy atom. The Bertz CT molecular complexity index is 1060. The van der Waals surface area contributed by atoms with Crippen molar-refractivity contribution in [3.63, 3.8) is 0 Å². The van der Waals surface area contributed by atoms with Crippen LogP contribution in [-0.4, -0.2) is 13.4 Å². The Hall–Kier alpha value is -0.800. The summed E-state index contributed by atoms with van der Waals surface area (Å²) in [7, 11) is -4.20. The standard InChI is InChI=1S/C15H7Cl3INO3S/c16-8-3-4-10(17)13(6-8)24(21,22)23-15-12(19)7-11(18)9-2-1-5-20-14(9)15/h1-7H. The Morgan fingerprint density at radius 1 is 1.04 bits per heavy atom. The largest absolute Gasteiger partial charge is 0.375 e. The van der Waals surface area contributed by atoms with E-state index in [4.69, 9.17) is 39.0 Å². The summed E-state index contributed by atoms with van der Waals surface area (Å²) >= 11 is 20.0. The Morgan fingerprint density at radius 3 is 2.54 bits per heavy atom. The first-order valence-corrected chi connectivity index (χ1v) is 10.0. The van der Waals surface area contributed by atoms with Crippen molar-refractivity contribution in [2.45, 2.75) is 4.90 Å². The van der Waals surface area contributed by atoms with Gasteiger partial charge in [0.15, 0.2) is 5.75 Å². The van der Waals surface area contributed by atoms with Crippen molar-refractivity contribution < 1.29 is 12.6 Å². The van der Waals surface area contributed by atoms with Crippen LogP contribution in [0.25, 0.3) is 10.9 Å². The fourth-order valence-corrected chi connectivity index (χ4v) is 5.02. The average Bonchev–Trinajstić information content (AvgIpc) is 2.53. The van der Waals surface area contributed by atoms with Crippen LogP contribution >= 0.6 is 57.4 Å². The molecule has 0 amide bonds. The topological polar surface area (TPSA) is 56.3 Å². The highest BCUT2D eigenvalue weighted by atomic mass is 127. The van der Waals surface area contributed by atoms with Crippen molar-refractivity contribution in [3.05, 3.63) is 61.2 Å². The zero-order chi connectivity index (χ0) is 17.5. The minimum Gasteiger partial charge on any atom is -0.375 e. The summed E-state index contributed by atoms with van der Waals surface area (Å²) in [6, 6.07) is 9.16. The molecule has 3 aromatic rings. The molecule has 0 N–H and O–H groups in total. The third-order valence-corrected chi connectivity index (χ3v) is 6.16. The average molecular weight is 515 g/mol. The summed E-state index contributed by atoms with van der Waals surface area (Å²) in [4.78, 5) is 3.97. The van der Waals surface area contributed by atoms with Crippen LogP contribution in [-0.2, 0) is 10.1 Å². The number of nitrogens with zero attached hydrogens (tertiary/aromatic N) is 1. The van der Waals surface area contributed by atoms with E-state index in [0.29, 0.717) is 19.5 Å². The normalized spacial score (nSPS) is 11.7. The van der Waals surface area contributed by atoms with Crippen LogP contribution in [0.15, 0.2) is 47.5 Å². The van der Waals surface area contributed by atoms with Gasteiger partial charge in [-0.25, -0.2) is 0 Å². The molecule has 9 heteroatoms. The maximum atomic E-state index is 12.6. The van der Waals surface area contributed by atoms with Gasteiger partial charge in [-0.05, 0) is 59.0 Å². The SMILES string of the molecule is O=S(=O)(Oc1c(I)cc(Cl)c2cccnc12)c1cc(Cl)ccc1Cl. The summed E-state index contributed by atoms with van der Waals surface area (Å²) in [6.45, 7) is 0. The summed E-state index contributed by atoms with van der Waals surface area (Å²) in [5.41, 5.74) is 0.344. The number of rotatable bonds is 3. The molecule has 0 unspecified atom stereocenters. The summed E-state index contributed by atoms with van der Waals surface area (Å²) in [5, 5.41) is 1.28. The molecule has 24 heavy (non-hydrogen) atoms. The lowest BCUT2D eigenvalue weighted by molar-refractivity contribution is 0.486. The number of halogens is 4. The third-order valence-electron chi connectivity index (χ3n) is 3.11. The van der Waals surface area contributed by atoms with Crippen LogP contribution in [0.2, 0.25) is 15.1 Å². The number of hydrogen-bond donors (Lipinski definition) is 0. The molecular weight excluding hydrogens is 507 g/mol. The lowest BCUT2D eigenvalue weighted by Gasteiger charge is -2.12. The number of aromatic nitrogens is 1. The van der Waals surface area contributed by atoms with Crippen LogP contribution in [0.4, 0.5) is 0 Å². The van der Waals surface area contributed by atoms with E-state index in [1.165, 1.54) is 24.4 Å². The molecule has 2 aromatic carbocycles. The second-order valence-corrected chi connectivity index (χ2v) is 8.61. The maximum absolute atomic E-state index is 12.6. The molecule has 0 saturated heterocycles. The molecule has 0 spiro atoms. The predicted molar refractivity (Wildman–Crippen MR) is 104 cm³/mol. The van der Waals surface area contributed by atoms with Gasteiger partial charge in [0.1, 0.15) is 10.4 Å². The number of benzene rings is 2. The first kappa shape index (κ1) is 18.0. The van der Waals surface area contributed by atoms with E-state index in [-0.39, 0.29) is 20.7 Å². The highest BCUT2D eigenvalue weighted by Gasteiger charge is 2.24. The molecular formula is C15H7Cl3INO3S. The molecule has 0 bridgehead atoms. The van der Waals surface area contributed by atoms with Crippen LogP contribution in [0, 0.1) is 3.57 Å². The zero-order valence-electron chi connectivity index (χ0n) is 11.6. The molecule has 1 aromatic heterocycles. The molecule has 0 atom stereocenters. The maximum Gasteiger partial charge on any atom is 0.340 e. The van der Waals surface area contributed by atoms with Crippen molar-refractivity contribution in [3.8, 4) is 5.75 Å². The molecule has 124 valence electrons. The molecule has 0 aliphatic heterocycles. The smallest absolute Gasteiger partial charge is 0.340 e. The zero-order valence-corrected chi connectivity index (χ0v) is 16.9. The molecule has 0 aliphatic rings. The first-order chi connectivity index (χ1) is 11.3. The number of hydrogen-bond acceptors (Lipinski definition) is 4. The van der Waals surface area contributed by atoms with Gasteiger partial charge in [0.25, 0.3) is 0 Å². The number of fused-ring (bicyclic) bond motifs is 1. The van der Waals surface area contributed by atoms with Crippen molar-refractivity contribution in [1.82, 2.24) is 4.98 Å². The van der Waals surface area contributed by atoms with Gasteiger partial charge in [0.2, 0.25) is 0 Å². The van der Waals surface area contributed by atoms with Gasteiger partial charge < -0.3 is 4.18 Å². The van der Waals surface area contributed by atoms with Gasteiger partial charge in [-0.15, -0.1) is 0 Å². The van der Waals surface area contributed by atoms with E-state index in [1.807, 2.05) is 22.6 Å². The van der Waals surface area contributed by atoms with Crippen LogP contribution in [0.1, 0.15) is 0 Å². The molecule has 4 nitrogen and oxygen atoms in total. The third kappa shape index (κ3) is 3.43. The Labute approximate surface area is 167 Å². The predicted octanol–water partition coefficient (Wildman–Crippen LogP) is 5.57.